The lowest BCUT2D eigenvalue weighted by molar-refractivity contribution is 0.0376. The lowest BCUT2D eigenvalue weighted by Gasteiger charge is -2.26. The molecule has 1 fully saturated rings. The number of aryl methyl sites for hydroxylation is 2. The van der Waals surface area contributed by atoms with Crippen molar-refractivity contribution in [3.8, 4) is 17.1 Å². The summed E-state index contributed by atoms with van der Waals surface area (Å²) in [5.74, 6) is 1.33. The Labute approximate surface area is 210 Å². The molecule has 0 atom stereocenters. The number of hydrogen-bond donors (Lipinski definition) is 2. The van der Waals surface area contributed by atoms with Gasteiger partial charge in [-0.1, -0.05) is 6.92 Å². The van der Waals surface area contributed by atoms with E-state index < -0.39 is 10.0 Å². The van der Waals surface area contributed by atoms with Gasteiger partial charge < -0.3 is 14.5 Å². The van der Waals surface area contributed by atoms with Crippen LogP contribution >= 0.6 is 0 Å². The Morgan fingerprint density at radius 2 is 2.00 bits per heavy atom. The molecule has 3 heterocycles. The molecule has 1 aromatic carbocycles. The molecule has 1 saturated heterocycles. The first-order valence-corrected chi connectivity index (χ1v) is 13.9. The number of benzene rings is 1. The van der Waals surface area contributed by atoms with Gasteiger partial charge in [0.2, 0.25) is 10.0 Å². The van der Waals surface area contributed by atoms with E-state index in [0.717, 1.165) is 26.1 Å². The van der Waals surface area contributed by atoms with Gasteiger partial charge in [-0.05, 0) is 51.4 Å². The predicted octanol–water partition coefficient (Wildman–Crippen LogP) is 1.74. The Balaban J connectivity index is 1.62. The molecule has 0 spiro atoms. The van der Waals surface area contributed by atoms with Crippen LogP contribution in [0.15, 0.2) is 27.9 Å². The van der Waals surface area contributed by atoms with Gasteiger partial charge in [0, 0.05) is 26.1 Å². The standard InChI is InChI=1S/C24H34N6O5S/c1-4-7-21-26-17(3)22-24(31)27-23(28-30(21)22)19-16-18(8-9-20(19)35-5-2)36(32,33)25-10-6-11-29-12-14-34-15-13-29/h8-9,16,25H,4-7,10-15H2,1-3H3,(H,27,28,31). The van der Waals surface area contributed by atoms with Crippen molar-refractivity contribution in [3.63, 3.8) is 0 Å². The van der Waals surface area contributed by atoms with Crippen molar-refractivity contribution in [1.29, 1.82) is 0 Å². The SMILES string of the molecule is CCCc1nc(C)c2c(=O)[nH]c(-c3cc(S(=O)(=O)NCCCN4CCOCC4)ccc3OCC)nn12. The first-order chi connectivity index (χ1) is 17.3. The number of nitrogens with one attached hydrogen (secondary N) is 2. The van der Waals surface area contributed by atoms with Crippen molar-refractivity contribution < 1.29 is 17.9 Å². The van der Waals surface area contributed by atoms with E-state index in [1.165, 1.54) is 12.1 Å². The highest BCUT2D eigenvalue weighted by Gasteiger charge is 2.21. The van der Waals surface area contributed by atoms with Crippen LogP contribution in [0.5, 0.6) is 5.75 Å². The third-order valence-electron chi connectivity index (χ3n) is 6.08. The minimum absolute atomic E-state index is 0.0747. The van der Waals surface area contributed by atoms with Crippen LogP contribution in [-0.2, 0) is 21.2 Å². The van der Waals surface area contributed by atoms with Gasteiger partial charge in [-0.15, -0.1) is 5.10 Å². The van der Waals surface area contributed by atoms with Crippen molar-refractivity contribution in [2.75, 3.05) is 46.0 Å². The smallest absolute Gasteiger partial charge is 0.277 e. The molecule has 2 aromatic heterocycles. The lowest BCUT2D eigenvalue weighted by atomic mass is 10.2. The predicted molar refractivity (Wildman–Crippen MR) is 136 cm³/mol. The van der Waals surface area contributed by atoms with Crippen LogP contribution in [0.3, 0.4) is 0 Å². The molecule has 2 N–H and O–H groups in total. The van der Waals surface area contributed by atoms with Gasteiger partial charge in [0.05, 0.1) is 36.0 Å². The van der Waals surface area contributed by atoms with Gasteiger partial charge in [-0.25, -0.2) is 22.6 Å². The zero-order valence-electron chi connectivity index (χ0n) is 21.0. The van der Waals surface area contributed by atoms with Crippen LogP contribution in [0.4, 0.5) is 0 Å². The van der Waals surface area contributed by atoms with E-state index in [0.29, 0.717) is 67.6 Å². The fourth-order valence-electron chi connectivity index (χ4n) is 4.30. The zero-order valence-corrected chi connectivity index (χ0v) is 21.9. The van der Waals surface area contributed by atoms with Crippen molar-refractivity contribution in [3.05, 3.63) is 40.1 Å². The summed E-state index contributed by atoms with van der Waals surface area (Å²) in [5.41, 5.74) is 1.03. The molecule has 1 aliphatic rings. The second kappa shape index (κ2) is 11.5. The second-order valence-electron chi connectivity index (χ2n) is 8.72. The maximum absolute atomic E-state index is 13.1. The second-order valence-corrected chi connectivity index (χ2v) is 10.5. The number of aromatic nitrogens is 4. The molecule has 0 saturated carbocycles. The minimum atomic E-state index is -3.78. The largest absolute Gasteiger partial charge is 0.493 e. The van der Waals surface area contributed by atoms with Crippen molar-refractivity contribution in [2.24, 2.45) is 0 Å². The highest BCUT2D eigenvalue weighted by molar-refractivity contribution is 7.89. The molecular formula is C24H34N6O5S. The van der Waals surface area contributed by atoms with Crippen molar-refractivity contribution in [1.82, 2.24) is 29.2 Å². The van der Waals surface area contributed by atoms with E-state index in [2.05, 4.69) is 24.7 Å². The number of H-pyrrole nitrogens is 1. The average Bonchev–Trinajstić information content (AvgIpc) is 3.18. The Morgan fingerprint density at radius 3 is 2.72 bits per heavy atom. The van der Waals surface area contributed by atoms with Crippen LogP contribution in [-0.4, -0.2) is 78.9 Å². The molecule has 36 heavy (non-hydrogen) atoms. The highest BCUT2D eigenvalue weighted by atomic mass is 32.2. The van der Waals surface area contributed by atoms with Crippen LogP contribution < -0.4 is 15.0 Å². The molecule has 0 amide bonds. The first-order valence-electron chi connectivity index (χ1n) is 12.4. The van der Waals surface area contributed by atoms with Crippen LogP contribution in [0.1, 0.15) is 38.2 Å². The monoisotopic (exact) mass is 518 g/mol. The number of nitrogens with zero attached hydrogens (tertiary/aromatic N) is 4. The summed E-state index contributed by atoms with van der Waals surface area (Å²) in [6, 6.07) is 4.58. The van der Waals surface area contributed by atoms with E-state index in [9.17, 15) is 13.2 Å². The van der Waals surface area contributed by atoms with Gasteiger partial charge >= 0.3 is 0 Å². The molecule has 1 aliphatic heterocycles. The minimum Gasteiger partial charge on any atom is -0.493 e. The molecule has 3 aromatic rings. The maximum atomic E-state index is 13.1. The summed E-state index contributed by atoms with van der Waals surface area (Å²) >= 11 is 0. The Morgan fingerprint density at radius 1 is 1.22 bits per heavy atom. The molecule has 196 valence electrons. The molecule has 4 rings (SSSR count). The van der Waals surface area contributed by atoms with E-state index in [4.69, 9.17) is 9.47 Å². The van der Waals surface area contributed by atoms with Crippen molar-refractivity contribution >= 4 is 15.5 Å². The first kappa shape index (κ1) is 26.3. The van der Waals surface area contributed by atoms with Crippen LogP contribution in [0.25, 0.3) is 16.9 Å². The number of sulfonamides is 1. The average molecular weight is 519 g/mol. The van der Waals surface area contributed by atoms with E-state index >= 15 is 0 Å². The quantitative estimate of drug-likeness (QED) is 0.367. The summed E-state index contributed by atoms with van der Waals surface area (Å²) < 4.78 is 41.4. The maximum Gasteiger partial charge on any atom is 0.277 e. The van der Waals surface area contributed by atoms with Crippen LogP contribution in [0.2, 0.25) is 0 Å². The van der Waals surface area contributed by atoms with Gasteiger partial charge in [-0.3, -0.25) is 9.69 Å². The van der Waals surface area contributed by atoms with Gasteiger partial charge in [0.15, 0.2) is 11.3 Å². The number of imidazole rings is 1. The summed E-state index contributed by atoms with van der Waals surface area (Å²) in [4.78, 5) is 22.6. The lowest BCUT2D eigenvalue weighted by Crippen LogP contribution is -2.38. The number of aromatic amines is 1. The fraction of sp³-hybridized carbons (Fsp3) is 0.542. The molecule has 0 bridgehead atoms. The van der Waals surface area contributed by atoms with Crippen LogP contribution in [0, 0.1) is 6.92 Å². The summed E-state index contributed by atoms with van der Waals surface area (Å²) in [6.45, 7) is 10.3. The topological polar surface area (TPSA) is 131 Å². The number of fused-ring (bicyclic) bond motifs is 1. The highest BCUT2D eigenvalue weighted by Crippen LogP contribution is 2.30. The third kappa shape index (κ3) is 5.77. The molecule has 0 aliphatic carbocycles. The molecule has 0 unspecified atom stereocenters. The number of rotatable bonds is 11. The van der Waals surface area contributed by atoms with Crippen molar-refractivity contribution in [2.45, 2.75) is 44.9 Å². The summed E-state index contributed by atoms with van der Waals surface area (Å²) in [7, 11) is -3.78. The zero-order chi connectivity index (χ0) is 25.7. The summed E-state index contributed by atoms with van der Waals surface area (Å²) in [5, 5.41) is 4.63. The molecule has 11 nitrogen and oxygen atoms in total. The Bertz CT molecular complexity index is 1360. The normalized spacial score (nSPS) is 15.0. The number of ether oxygens (including phenoxy) is 2. The third-order valence-corrected chi connectivity index (χ3v) is 7.54. The van der Waals surface area contributed by atoms with E-state index in [1.807, 2.05) is 13.8 Å². The van der Waals surface area contributed by atoms with E-state index in [-0.39, 0.29) is 16.3 Å². The Hall–Kier alpha value is -2.80. The van der Waals surface area contributed by atoms with Gasteiger partial charge in [-0.2, -0.15) is 0 Å². The van der Waals surface area contributed by atoms with E-state index in [1.54, 1.807) is 17.5 Å². The number of morpholine rings is 1. The molecular weight excluding hydrogens is 484 g/mol. The summed E-state index contributed by atoms with van der Waals surface area (Å²) in [6.07, 6.45) is 2.19. The fourth-order valence-corrected chi connectivity index (χ4v) is 5.40. The Kier molecular flexibility index (Phi) is 8.39. The van der Waals surface area contributed by atoms with Gasteiger partial charge in [0.25, 0.3) is 5.56 Å². The molecule has 12 heteroatoms. The van der Waals surface area contributed by atoms with Gasteiger partial charge in [0.1, 0.15) is 11.6 Å². The molecule has 0 radical (unpaired) electrons. The number of hydrogen-bond acceptors (Lipinski definition) is 8.